The zero-order chi connectivity index (χ0) is 18.1. The van der Waals surface area contributed by atoms with Crippen molar-refractivity contribution in [3.63, 3.8) is 0 Å². The Morgan fingerprint density at radius 1 is 0.808 bits per heavy atom. The van der Waals surface area contributed by atoms with Crippen molar-refractivity contribution in [3.05, 3.63) is 89.7 Å². The summed E-state index contributed by atoms with van der Waals surface area (Å²) in [6, 6.07) is 25.3. The van der Waals surface area contributed by atoms with Crippen LogP contribution in [0.1, 0.15) is 0 Å². The third kappa shape index (κ3) is 3.00. The van der Waals surface area contributed by atoms with Crippen LogP contribution in [0.3, 0.4) is 0 Å². The normalized spacial score (nSPS) is 11.0. The van der Waals surface area contributed by atoms with Gasteiger partial charge >= 0.3 is 0 Å². The Morgan fingerprint density at radius 3 is 2.27 bits per heavy atom. The van der Waals surface area contributed by atoms with Gasteiger partial charge in [-0.15, -0.1) is 11.8 Å². The minimum absolute atomic E-state index is 0.259. The zero-order valence-electron chi connectivity index (χ0n) is 14.2. The predicted molar refractivity (Wildman–Crippen MR) is 112 cm³/mol. The molecule has 3 heteroatoms. The molecule has 0 fully saturated rings. The van der Waals surface area contributed by atoms with Crippen LogP contribution < -0.4 is 0 Å². The number of rotatable bonds is 3. The van der Waals surface area contributed by atoms with Gasteiger partial charge in [0.05, 0.1) is 5.02 Å². The number of halogens is 2. The smallest absolute Gasteiger partial charge is 0.131 e. The molecule has 0 atom stereocenters. The van der Waals surface area contributed by atoms with Gasteiger partial charge in [-0.2, -0.15) is 0 Å². The predicted octanol–water partition coefficient (Wildman–Crippen LogP) is 7.69. The van der Waals surface area contributed by atoms with Crippen molar-refractivity contribution in [2.24, 2.45) is 0 Å². The Balaban J connectivity index is 1.97. The Labute approximate surface area is 161 Å². The van der Waals surface area contributed by atoms with Crippen LogP contribution >= 0.6 is 23.4 Å². The van der Waals surface area contributed by atoms with Gasteiger partial charge in [-0.05, 0) is 46.4 Å². The second-order valence-electron chi connectivity index (χ2n) is 6.05. The van der Waals surface area contributed by atoms with Crippen LogP contribution in [0.5, 0.6) is 0 Å². The molecule has 0 radical (unpaired) electrons. The molecule has 0 aliphatic rings. The molecule has 4 aromatic rings. The molecule has 4 rings (SSSR count). The summed E-state index contributed by atoms with van der Waals surface area (Å²) >= 11 is 8.21. The van der Waals surface area contributed by atoms with E-state index in [1.165, 1.54) is 6.07 Å². The molecule has 0 heterocycles. The van der Waals surface area contributed by atoms with E-state index in [9.17, 15) is 4.39 Å². The minimum Gasteiger partial charge on any atom is -0.206 e. The Morgan fingerprint density at radius 2 is 1.54 bits per heavy atom. The molecule has 26 heavy (non-hydrogen) atoms. The molecule has 0 aliphatic carbocycles. The minimum atomic E-state index is -0.259. The van der Waals surface area contributed by atoms with Crippen molar-refractivity contribution in [2.75, 3.05) is 6.26 Å². The number of hydrogen-bond acceptors (Lipinski definition) is 1. The number of thioether (sulfide) groups is 1. The monoisotopic (exact) mass is 378 g/mol. The largest absolute Gasteiger partial charge is 0.206 e. The van der Waals surface area contributed by atoms with Gasteiger partial charge in [-0.1, -0.05) is 72.3 Å². The van der Waals surface area contributed by atoms with Gasteiger partial charge in [0, 0.05) is 16.0 Å². The Hall–Kier alpha value is -2.29. The maximum absolute atomic E-state index is 14.4. The van der Waals surface area contributed by atoms with Crippen molar-refractivity contribution in [1.29, 1.82) is 0 Å². The Kier molecular flexibility index (Phi) is 4.71. The Bertz CT molecular complexity index is 1090. The molecule has 0 spiro atoms. The lowest BCUT2D eigenvalue weighted by Gasteiger charge is -2.15. The molecule has 128 valence electrons. The van der Waals surface area contributed by atoms with Gasteiger partial charge in [0.25, 0.3) is 0 Å². The van der Waals surface area contributed by atoms with Crippen molar-refractivity contribution in [1.82, 2.24) is 0 Å². The maximum atomic E-state index is 14.4. The molecular formula is C23H16ClFS. The second-order valence-corrected chi connectivity index (χ2v) is 7.27. The first-order chi connectivity index (χ1) is 12.7. The molecule has 0 saturated heterocycles. The average molecular weight is 379 g/mol. The summed E-state index contributed by atoms with van der Waals surface area (Å²) in [5, 5.41) is 2.71. The molecule has 0 aliphatic heterocycles. The highest BCUT2D eigenvalue weighted by Crippen LogP contribution is 2.43. The van der Waals surface area contributed by atoms with Crippen LogP contribution in [0.25, 0.3) is 33.0 Å². The molecule has 0 aromatic heterocycles. The summed E-state index contributed by atoms with van der Waals surface area (Å²) in [4.78, 5) is 0.997. The van der Waals surface area contributed by atoms with Gasteiger partial charge in [0.2, 0.25) is 0 Å². The first-order valence-corrected chi connectivity index (χ1v) is 9.90. The average Bonchev–Trinajstić information content (AvgIpc) is 2.68. The van der Waals surface area contributed by atoms with Crippen LogP contribution in [0.4, 0.5) is 4.39 Å². The summed E-state index contributed by atoms with van der Waals surface area (Å²) < 4.78 is 14.4. The van der Waals surface area contributed by atoms with Crippen LogP contribution in [0.15, 0.2) is 83.8 Å². The van der Waals surface area contributed by atoms with Gasteiger partial charge in [0.15, 0.2) is 0 Å². The fourth-order valence-corrected chi connectivity index (χ4v) is 4.48. The number of fused-ring (bicyclic) bond motifs is 1. The van der Waals surface area contributed by atoms with E-state index in [0.29, 0.717) is 10.6 Å². The highest BCUT2D eigenvalue weighted by atomic mass is 35.5. The van der Waals surface area contributed by atoms with Gasteiger partial charge in [-0.25, -0.2) is 4.39 Å². The summed E-state index contributed by atoms with van der Waals surface area (Å²) in [5.41, 5.74) is 3.60. The SMILES string of the molecule is CSc1c(-c2ccccc2F)c(Cl)cc2cc(-c3ccccc3)ccc12. The van der Waals surface area contributed by atoms with E-state index in [2.05, 4.69) is 30.3 Å². The molecule has 0 unspecified atom stereocenters. The standard InChI is InChI=1S/C23H16ClFS/c1-26-23-18-12-11-16(15-7-3-2-4-8-15)13-17(18)14-20(24)22(23)19-9-5-6-10-21(19)25/h2-14H,1H3. The second kappa shape index (κ2) is 7.14. The summed E-state index contributed by atoms with van der Waals surface area (Å²) in [7, 11) is 0. The number of hydrogen-bond donors (Lipinski definition) is 0. The van der Waals surface area contributed by atoms with E-state index in [1.54, 1.807) is 23.9 Å². The lowest BCUT2D eigenvalue weighted by molar-refractivity contribution is 0.631. The summed E-state index contributed by atoms with van der Waals surface area (Å²) in [5.74, 6) is -0.259. The van der Waals surface area contributed by atoms with E-state index in [-0.39, 0.29) is 5.82 Å². The molecule has 0 bridgehead atoms. The lowest BCUT2D eigenvalue weighted by Crippen LogP contribution is -1.91. The number of benzene rings is 4. The molecular weight excluding hydrogens is 363 g/mol. The van der Waals surface area contributed by atoms with Gasteiger partial charge in [-0.3, -0.25) is 0 Å². The van der Waals surface area contributed by atoms with E-state index >= 15 is 0 Å². The third-order valence-electron chi connectivity index (χ3n) is 4.50. The fourth-order valence-electron chi connectivity index (χ4n) is 3.28. The summed E-state index contributed by atoms with van der Waals surface area (Å²) in [6.45, 7) is 0. The lowest BCUT2D eigenvalue weighted by atomic mass is 9.97. The van der Waals surface area contributed by atoms with E-state index in [0.717, 1.165) is 32.4 Å². The van der Waals surface area contributed by atoms with E-state index in [4.69, 9.17) is 11.6 Å². The fraction of sp³-hybridized carbons (Fsp3) is 0.0435. The summed E-state index contributed by atoms with van der Waals surface area (Å²) in [6.07, 6.45) is 2.00. The van der Waals surface area contributed by atoms with Crippen LogP contribution in [0.2, 0.25) is 5.02 Å². The molecule has 0 nitrogen and oxygen atoms in total. The highest BCUT2D eigenvalue weighted by molar-refractivity contribution is 7.99. The molecule has 0 amide bonds. The third-order valence-corrected chi connectivity index (χ3v) is 5.63. The van der Waals surface area contributed by atoms with E-state index in [1.807, 2.05) is 36.6 Å². The molecule has 0 saturated carbocycles. The topological polar surface area (TPSA) is 0 Å². The van der Waals surface area contributed by atoms with Gasteiger partial charge in [0.1, 0.15) is 5.82 Å². The van der Waals surface area contributed by atoms with Crippen molar-refractivity contribution < 1.29 is 4.39 Å². The van der Waals surface area contributed by atoms with Crippen LogP contribution in [-0.4, -0.2) is 6.26 Å². The first kappa shape index (κ1) is 17.1. The zero-order valence-corrected chi connectivity index (χ0v) is 15.7. The highest BCUT2D eigenvalue weighted by Gasteiger charge is 2.17. The maximum Gasteiger partial charge on any atom is 0.131 e. The van der Waals surface area contributed by atoms with Gasteiger partial charge < -0.3 is 0 Å². The van der Waals surface area contributed by atoms with Crippen molar-refractivity contribution in [2.45, 2.75) is 4.90 Å². The molecule has 4 aromatic carbocycles. The quantitative estimate of drug-likeness (QED) is 0.329. The van der Waals surface area contributed by atoms with Crippen molar-refractivity contribution in [3.8, 4) is 22.3 Å². The van der Waals surface area contributed by atoms with Crippen LogP contribution in [0, 0.1) is 5.82 Å². The first-order valence-electron chi connectivity index (χ1n) is 8.29. The van der Waals surface area contributed by atoms with E-state index < -0.39 is 0 Å². The van der Waals surface area contributed by atoms with Crippen LogP contribution in [-0.2, 0) is 0 Å². The van der Waals surface area contributed by atoms with Crippen molar-refractivity contribution >= 4 is 34.1 Å². The molecule has 0 N–H and O–H groups in total.